The van der Waals surface area contributed by atoms with Crippen LogP contribution in [0.4, 0.5) is 4.39 Å². The molecule has 0 radical (unpaired) electrons. The molecule has 2 rings (SSSR count). The molecule has 2 unspecified atom stereocenters. The summed E-state index contributed by atoms with van der Waals surface area (Å²) in [6, 6.07) is 7.82. The highest BCUT2D eigenvalue weighted by molar-refractivity contribution is 5.39. The SMILES string of the molecule is COc1ccccc1C1(C)CC(F)CCN1. The molecule has 1 aromatic rings. The number of alkyl halides is 1. The molecule has 1 aliphatic rings. The molecule has 1 saturated heterocycles. The summed E-state index contributed by atoms with van der Waals surface area (Å²) < 4.78 is 18.9. The number of halogens is 1. The number of nitrogens with one attached hydrogen (secondary N) is 1. The van der Waals surface area contributed by atoms with E-state index in [1.54, 1.807) is 7.11 Å². The van der Waals surface area contributed by atoms with Crippen molar-refractivity contribution in [1.29, 1.82) is 0 Å². The van der Waals surface area contributed by atoms with Gasteiger partial charge < -0.3 is 10.1 Å². The number of methoxy groups -OCH3 is 1. The van der Waals surface area contributed by atoms with Gasteiger partial charge in [-0.15, -0.1) is 0 Å². The predicted octanol–water partition coefficient (Wildman–Crippen LogP) is 2.63. The lowest BCUT2D eigenvalue weighted by Gasteiger charge is -2.37. The molecule has 1 aromatic carbocycles. The highest BCUT2D eigenvalue weighted by Gasteiger charge is 2.35. The van der Waals surface area contributed by atoms with Gasteiger partial charge in [0.25, 0.3) is 0 Å². The number of piperidine rings is 1. The zero-order valence-corrected chi connectivity index (χ0v) is 9.79. The minimum Gasteiger partial charge on any atom is -0.496 e. The topological polar surface area (TPSA) is 21.3 Å². The third-order valence-electron chi connectivity index (χ3n) is 3.30. The molecule has 2 atom stereocenters. The number of rotatable bonds is 2. The second-order valence-electron chi connectivity index (χ2n) is 4.55. The van der Waals surface area contributed by atoms with E-state index in [0.717, 1.165) is 17.9 Å². The van der Waals surface area contributed by atoms with Crippen molar-refractivity contribution < 1.29 is 9.13 Å². The average molecular weight is 223 g/mol. The van der Waals surface area contributed by atoms with Gasteiger partial charge in [0.05, 0.1) is 7.11 Å². The predicted molar refractivity (Wildman–Crippen MR) is 62.5 cm³/mol. The fourth-order valence-electron chi connectivity index (χ4n) is 2.43. The summed E-state index contributed by atoms with van der Waals surface area (Å²) in [6.07, 6.45) is 0.383. The fraction of sp³-hybridized carbons (Fsp3) is 0.538. The first-order valence-corrected chi connectivity index (χ1v) is 5.68. The van der Waals surface area contributed by atoms with Crippen LogP contribution in [-0.4, -0.2) is 19.8 Å². The van der Waals surface area contributed by atoms with Gasteiger partial charge in [-0.2, -0.15) is 0 Å². The lowest BCUT2D eigenvalue weighted by molar-refractivity contribution is 0.162. The molecule has 0 saturated carbocycles. The summed E-state index contributed by atoms with van der Waals surface area (Å²) in [6.45, 7) is 2.76. The number of ether oxygens (including phenoxy) is 1. The lowest BCUT2D eigenvalue weighted by atomic mass is 9.83. The van der Waals surface area contributed by atoms with Crippen molar-refractivity contribution in [3.05, 3.63) is 29.8 Å². The number of hydrogen-bond acceptors (Lipinski definition) is 2. The minimum atomic E-state index is -0.726. The summed E-state index contributed by atoms with van der Waals surface area (Å²) in [5.41, 5.74) is 0.726. The Morgan fingerprint density at radius 3 is 2.88 bits per heavy atom. The Labute approximate surface area is 95.8 Å². The molecule has 1 N–H and O–H groups in total. The van der Waals surface area contributed by atoms with Gasteiger partial charge in [0.2, 0.25) is 0 Å². The maximum Gasteiger partial charge on any atom is 0.123 e. The summed E-state index contributed by atoms with van der Waals surface area (Å²) in [7, 11) is 1.65. The molecule has 2 nitrogen and oxygen atoms in total. The van der Waals surface area contributed by atoms with Crippen molar-refractivity contribution in [2.75, 3.05) is 13.7 Å². The molecule has 0 amide bonds. The summed E-state index contributed by atoms with van der Waals surface area (Å²) in [5, 5.41) is 3.40. The average Bonchev–Trinajstić information content (AvgIpc) is 2.29. The standard InChI is InChI=1S/C13H18FNO/c1-13(9-10(14)7-8-15-13)11-5-3-4-6-12(11)16-2/h3-6,10,15H,7-9H2,1-2H3. The van der Waals surface area contributed by atoms with Crippen LogP contribution >= 0.6 is 0 Å². The van der Waals surface area contributed by atoms with Crippen LogP contribution in [0.1, 0.15) is 25.3 Å². The van der Waals surface area contributed by atoms with Crippen molar-refractivity contribution >= 4 is 0 Å². The van der Waals surface area contributed by atoms with Gasteiger partial charge in [-0.3, -0.25) is 0 Å². The van der Waals surface area contributed by atoms with Gasteiger partial charge in [-0.25, -0.2) is 4.39 Å². The van der Waals surface area contributed by atoms with Gasteiger partial charge in [0.1, 0.15) is 11.9 Å². The highest BCUT2D eigenvalue weighted by Crippen LogP contribution is 2.36. The van der Waals surface area contributed by atoms with Gasteiger partial charge >= 0.3 is 0 Å². The molecule has 1 heterocycles. The van der Waals surface area contributed by atoms with E-state index in [1.807, 2.05) is 31.2 Å². The van der Waals surface area contributed by atoms with E-state index in [-0.39, 0.29) is 5.54 Å². The number of hydrogen-bond donors (Lipinski definition) is 1. The van der Waals surface area contributed by atoms with Crippen LogP contribution < -0.4 is 10.1 Å². The van der Waals surface area contributed by atoms with E-state index in [0.29, 0.717) is 12.8 Å². The Morgan fingerprint density at radius 2 is 2.19 bits per heavy atom. The zero-order valence-electron chi connectivity index (χ0n) is 9.79. The Hall–Kier alpha value is -1.09. The van der Waals surface area contributed by atoms with Gasteiger partial charge in [0.15, 0.2) is 0 Å². The van der Waals surface area contributed by atoms with Crippen LogP contribution in [0, 0.1) is 0 Å². The van der Waals surface area contributed by atoms with Crippen molar-refractivity contribution in [3.8, 4) is 5.75 Å². The number of benzene rings is 1. The monoisotopic (exact) mass is 223 g/mol. The first kappa shape index (κ1) is 11.4. The van der Waals surface area contributed by atoms with Crippen LogP contribution in [0.2, 0.25) is 0 Å². The Bertz CT molecular complexity index is 369. The van der Waals surface area contributed by atoms with Crippen LogP contribution in [0.25, 0.3) is 0 Å². The lowest BCUT2D eigenvalue weighted by Crippen LogP contribution is -2.47. The largest absolute Gasteiger partial charge is 0.496 e. The Morgan fingerprint density at radius 1 is 1.44 bits per heavy atom. The van der Waals surface area contributed by atoms with Crippen molar-refractivity contribution in [3.63, 3.8) is 0 Å². The molecule has 1 aliphatic heterocycles. The molecule has 0 aliphatic carbocycles. The van der Waals surface area contributed by atoms with Crippen LogP contribution in [-0.2, 0) is 5.54 Å². The zero-order chi connectivity index (χ0) is 11.6. The smallest absolute Gasteiger partial charge is 0.123 e. The molecule has 16 heavy (non-hydrogen) atoms. The van der Waals surface area contributed by atoms with E-state index >= 15 is 0 Å². The van der Waals surface area contributed by atoms with E-state index in [2.05, 4.69) is 5.32 Å². The first-order valence-electron chi connectivity index (χ1n) is 5.68. The maximum absolute atomic E-state index is 13.5. The van der Waals surface area contributed by atoms with E-state index in [1.165, 1.54) is 0 Å². The van der Waals surface area contributed by atoms with Crippen LogP contribution in [0.5, 0.6) is 5.75 Å². The van der Waals surface area contributed by atoms with Gasteiger partial charge in [0, 0.05) is 17.5 Å². The van der Waals surface area contributed by atoms with Crippen LogP contribution in [0.15, 0.2) is 24.3 Å². The Kier molecular flexibility index (Phi) is 3.15. The second kappa shape index (κ2) is 4.42. The van der Waals surface area contributed by atoms with E-state index in [9.17, 15) is 4.39 Å². The summed E-state index contributed by atoms with van der Waals surface area (Å²) in [5.74, 6) is 0.826. The second-order valence-corrected chi connectivity index (χ2v) is 4.55. The minimum absolute atomic E-state index is 0.315. The molecular formula is C13H18FNO. The van der Waals surface area contributed by atoms with E-state index < -0.39 is 6.17 Å². The van der Waals surface area contributed by atoms with Crippen molar-refractivity contribution in [1.82, 2.24) is 5.32 Å². The number of para-hydroxylation sites is 1. The van der Waals surface area contributed by atoms with Gasteiger partial charge in [-0.05, 0) is 26.0 Å². The maximum atomic E-state index is 13.5. The molecule has 3 heteroatoms. The molecular weight excluding hydrogens is 205 g/mol. The third-order valence-corrected chi connectivity index (χ3v) is 3.30. The molecule has 0 spiro atoms. The van der Waals surface area contributed by atoms with Crippen LogP contribution in [0.3, 0.4) is 0 Å². The van der Waals surface area contributed by atoms with Gasteiger partial charge in [-0.1, -0.05) is 18.2 Å². The van der Waals surface area contributed by atoms with Crippen molar-refractivity contribution in [2.24, 2.45) is 0 Å². The summed E-state index contributed by atoms with van der Waals surface area (Å²) >= 11 is 0. The molecule has 88 valence electrons. The molecule has 0 bridgehead atoms. The first-order chi connectivity index (χ1) is 7.65. The molecule has 0 aromatic heterocycles. The quantitative estimate of drug-likeness (QED) is 0.832. The molecule has 1 fully saturated rings. The fourth-order valence-corrected chi connectivity index (χ4v) is 2.43. The highest BCUT2D eigenvalue weighted by atomic mass is 19.1. The van der Waals surface area contributed by atoms with E-state index in [4.69, 9.17) is 4.74 Å². The van der Waals surface area contributed by atoms with Crippen molar-refractivity contribution in [2.45, 2.75) is 31.5 Å². The summed E-state index contributed by atoms with van der Waals surface area (Å²) in [4.78, 5) is 0. The normalized spacial score (nSPS) is 30.1. The Balaban J connectivity index is 2.34. The third kappa shape index (κ3) is 2.05.